The maximum Gasteiger partial charge on any atom is 0.220 e. The predicted molar refractivity (Wildman–Crippen MR) is 62.4 cm³/mol. The molecule has 0 radical (unpaired) electrons. The Labute approximate surface area is 92.8 Å². The molecule has 0 aromatic heterocycles. The van der Waals surface area contributed by atoms with Crippen molar-refractivity contribution in [2.75, 3.05) is 0 Å². The molecule has 3 N–H and O–H groups in total. The second kappa shape index (κ2) is 4.52. The fraction of sp³-hybridized carbons (Fsp3) is 0.917. The number of hydrogen-bond acceptors (Lipinski definition) is 2. The molecule has 1 aliphatic rings. The number of carbonyl (C=O) groups excluding carboxylic acids is 1. The van der Waals surface area contributed by atoms with Crippen LogP contribution in [0.25, 0.3) is 0 Å². The van der Waals surface area contributed by atoms with Crippen molar-refractivity contribution in [3.05, 3.63) is 0 Å². The van der Waals surface area contributed by atoms with Crippen LogP contribution in [0.5, 0.6) is 0 Å². The van der Waals surface area contributed by atoms with E-state index in [2.05, 4.69) is 33.0 Å². The highest BCUT2D eigenvalue weighted by atomic mass is 16.1. The van der Waals surface area contributed by atoms with Gasteiger partial charge < -0.3 is 11.1 Å². The lowest BCUT2D eigenvalue weighted by Crippen LogP contribution is -2.64. The molecule has 88 valence electrons. The van der Waals surface area contributed by atoms with Gasteiger partial charge in [0.05, 0.1) is 0 Å². The van der Waals surface area contributed by atoms with Crippen LogP contribution in [-0.4, -0.2) is 18.0 Å². The Balaban J connectivity index is 2.28. The van der Waals surface area contributed by atoms with Gasteiger partial charge in [0.25, 0.3) is 0 Å². The quantitative estimate of drug-likeness (QED) is 0.744. The molecule has 0 saturated heterocycles. The molecule has 3 heteroatoms. The van der Waals surface area contributed by atoms with E-state index in [-0.39, 0.29) is 23.4 Å². The van der Waals surface area contributed by atoms with E-state index in [1.54, 1.807) is 0 Å². The van der Waals surface area contributed by atoms with Crippen LogP contribution in [0.15, 0.2) is 0 Å². The van der Waals surface area contributed by atoms with Crippen molar-refractivity contribution in [1.29, 1.82) is 0 Å². The first kappa shape index (κ1) is 12.5. The third kappa shape index (κ3) is 2.94. The number of nitrogens with one attached hydrogen (secondary N) is 1. The molecule has 1 amide bonds. The molecule has 2 unspecified atom stereocenters. The Morgan fingerprint density at radius 1 is 1.53 bits per heavy atom. The van der Waals surface area contributed by atoms with Gasteiger partial charge in [0.2, 0.25) is 5.91 Å². The Bertz CT molecular complexity index is 236. The molecule has 3 nitrogen and oxygen atoms in total. The van der Waals surface area contributed by atoms with E-state index >= 15 is 0 Å². The van der Waals surface area contributed by atoms with E-state index in [0.29, 0.717) is 12.3 Å². The average Bonchev–Trinajstić information content (AvgIpc) is 2.14. The van der Waals surface area contributed by atoms with Gasteiger partial charge in [-0.25, -0.2) is 0 Å². The molecule has 1 aliphatic carbocycles. The molecule has 1 saturated carbocycles. The zero-order valence-electron chi connectivity index (χ0n) is 10.3. The van der Waals surface area contributed by atoms with Crippen molar-refractivity contribution in [3.8, 4) is 0 Å². The standard InChI is InChI=1S/C12H24N2O/c1-8(2)5-6-11(15)14-10-7-9(13)12(10,3)4/h8-10H,5-7,13H2,1-4H3,(H,14,15). The van der Waals surface area contributed by atoms with E-state index in [1.165, 1.54) is 0 Å². The molecular formula is C12H24N2O. The fourth-order valence-corrected chi connectivity index (χ4v) is 1.89. The van der Waals surface area contributed by atoms with Crippen LogP contribution in [0.3, 0.4) is 0 Å². The smallest absolute Gasteiger partial charge is 0.220 e. The molecule has 0 aromatic carbocycles. The molecule has 0 spiro atoms. The Hall–Kier alpha value is -0.570. The molecule has 2 atom stereocenters. The van der Waals surface area contributed by atoms with Crippen LogP contribution in [0, 0.1) is 11.3 Å². The van der Waals surface area contributed by atoms with Crippen LogP contribution >= 0.6 is 0 Å². The van der Waals surface area contributed by atoms with Gasteiger partial charge >= 0.3 is 0 Å². The van der Waals surface area contributed by atoms with Crippen LogP contribution in [0.1, 0.15) is 47.0 Å². The van der Waals surface area contributed by atoms with Crippen molar-refractivity contribution in [2.24, 2.45) is 17.1 Å². The van der Waals surface area contributed by atoms with E-state index in [1.807, 2.05) is 0 Å². The van der Waals surface area contributed by atoms with Crippen LogP contribution in [0.2, 0.25) is 0 Å². The van der Waals surface area contributed by atoms with Gasteiger partial charge in [0.15, 0.2) is 0 Å². The minimum Gasteiger partial charge on any atom is -0.353 e. The van der Waals surface area contributed by atoms with Crippen molar-refractivity contribution < 1.29 is 4.79 Å². The summed E-state index contributed by atoms with van der Waals surface area (Å²) in [7, 11) is 0. The van der Waals surface area contributed by atoms with Crippen molar-refractivity contribution >= 4 is 5.91 Å². The van der Waals surface area contributed by atoms with Crippen LogP contribution in [0.4, 0.5) is 0 Å². The van der Waals surface area contributed by atoms with Gasteiger partial charge in [-0.05, 0) is 18.8 Å². The highest BCUT2D eigenvalue weighted by Gasteiger charge is 2.46. The summed E-state index contributed by atoms with van der Waals surface area (Å²) in [5.41, 5.74) is 5.96. The molecule has 1 rings (SSSR count). The normalized spacial score (nSPS) is 28.7. The second-order valence-electron chi connectivity index (χ2n) is 5.72. The Morgan fingerprint density at radius 3 is 2.53 bits per heavy atom. The minimum atomic E-state index is 0.0630. The summed E-state index contributed by atoms with van der Waals surface area (Å²) >= 11 is 0. The number of nitrogens with two attached hydrogens (primary N) is 1. The Morgan fingerprint density at radius 2 is 2.13 bits per heavy atom. The summed E-state index contributed by atoms with van der Waals surface area (Å²) in [6.07, 6.45) is 2.52. The summed E-state index contributed by atoms with van der Waals surface area (Å²) in [4.78, 5) is 11.6. The lowest BCUT2D eigenvalue weighted by atomic mass is 9.63. The molecule has 0 aliphatic heterocycles. The van der Waals surface area contributed by atoms with Crippen LogP contribution in [-0.2, 0) is 4.79 Å². The van der Waals surface area contributed by atoms with Crippen molar-refractivity contribution in [1.82, 2.24) is 5.32 Å². The molecule has 0 heterocycles. The first-order valence-electron chi connectivity index (χ1n) is 5.89. The summed E-state index contributed by atoms with van der Waals surface area (Å²) in [6, 6.07) is 0.500. The molecule has 15 heavy (non-hydrogen) atoms. The monoisotopic (exact) mass is 212 g/mol. The number of rotatable bonds is 4. The van der Waals surface area contributed by atoms with Gasteiger partial charge in [-0.1, -0.05) is 27.7 Å². The number of carbonyl (C=O) groups is 1. The van der Waals surface area contributed by atoms with Gasteiger partial charge in [-0.3, -0.25) is 4.79 Å². The number of amides is 1. The second-order valence-corrected chi connectivity index (χ2v) is 5.72. The van der Waals surface area contributed by atoms with Gasteiger partial charge in [0.1, 0.15) is 0 Å². The third-order valence-corrected chi connectivity index (χ3v) is 3.63. The Kier molecular flexibility index (Phi) is 3.77. The lowest BCUT2D eigenvalue weighted by molar-refractivity contribution is -0.124. The largest absolute Gasteiger partial charge is 0.353 e. The highest BCUT2D eigenvalue weighted by Crippen LogP contribution is 2.38. The van der Waals surface area contributed by atoms with Crippen LogP contribution < -0.4 is 11.1 Å². The SMILES string of the molecule is CC(C)CCC(=O)NC1CC(N)C1(C)C. The maximum absolute atomic E-state index is 11.6. The van der Waals surface area contributed by atoms with Gasteiger partial charge in [-0.2, -0.15) is 0 Å². The first-order valence-corrected chi connectivity index (χ1v) is 5.89. The van der Waals surface area contributed by atoms with E-state index < -0.39 is 0 Å². The molecular weight excluding hydrogens is 188 g/mol. The molecule has 0 bridgehead atoms. The topological polar surface area (TPSA) is 55.1 Å². The van der Waals surface area contributed by atoms with E-state index in [0.717, 1.165) is 12.8 Å². The minimum absolute atomic E-state index is 0.0630. The number of hydrogen-bond donors (Lipinski definition) is 2. The summed E-state index contributed by atoms with van der Waals surface area (Å²) < 4.78 is 0. The predicted octanol–water partition coefficient (Wildman–Crippen LogP) is 1.66. The first-order chi connectivity index (χ1) is 6.84. The summed E-state index contributed by atoms with van der Waals surface area (Å²) in [5, 5.41) is 3.07. The summed E-state index contributed by atoms with van der Waals surface area (Å²) in [6.45, 7) is 8.51. The molecule has 0 aromatic rings. The van der Waals surface area contributed by atoms with E-state index in [4.69, 9.17) is 5.73 Å². The lowest BCUT2D eigenvalue weighted by Gasteiger charge is -2.50. The molecule has 1 fully saturated rings. The van der Waals surface area contributed by atoms with Gasteiger partial charge in [-0.15, -0.1) is 0 Å². The fourth-order valence-electron chi connectivity index (χ4n) is 1.89. The average molecular weight is 212 g/mol. The highest BCUT2D eigenvalue weighted by molar-refractivity contribution is 5.76. The van der Waals surface area contributed by atoms with Crippen molar-refractivity contribution in [3.63, 3.8) is 0 Å². The summed E-state index contributed by atoms with van der Waals surface area (Å²) in [5.74, 6) is 0.765. The van der Waals surface area contributed by atoms with E-state index in [9.17, 15) is 4.79 Å². The third-order valence-electron chi connectivity index (χ3n) is 3.63. The maximum atomic E-state index is 11.6. The van der Waals surface area contributed by atoms with Crippen molar-refractivity contribution in [2.45, 2.75) is 59.0 Å². The zero-order chi connectivity index (χ0) is 11.6. The van der Waals surface area contributed by atoms with Gasteiger partial charge in [0, 0.05) is 23.9 Å². The zero-order valence-corrected chi connectivity index (χ0v) is 10.3.